The van der Waals surface area contributed by atoms with Crippen molar-refractivity contribution in [3.05, 3.63) is 21.9 Å². The summed E-state index contributed by atoms with van der Waals surface area (Å²) in [6.45, 7) is 6.15. The van der Waals surface area contributed by atoms with E-state index in [1.807, 2.05) is 13.8 Å². The minimum atomic E-state index is -0.333. The van der Waals surface area contributed by atoms with E-state index >= 15 is 0 Å². The summed E-state index contributed by atoms with van der Waals surface area (Å²) in [5.41, 5.74) is 5.86. The highest BCUT2D eigenvalue weighted by Gasteiger charge is 2.36. The van der Waals surface area contributed by atoms with Gasteiger partial charge in [-0.1, -0.05) is 13.8 Å². The standard InChI is InChI=1S/C13H21NO2S/c1-5-10(14)13(3,8-12(15)16-4)11-7-6-9(2)17-11/h6-7,10H,5,8,14H2,1-4H3. The molecule has 0 radical (unpaired) electrons. The lowest BCUT2D eigenvalue weighted by Gasteiger charge is -2.33. The molecule has 0 aliphatic rings. The van der Waals surface area contributed by atoms with E-state index in [1.165, 1.54) is 12.0 Å². The van der Waals surface area contributed by atoms with Gasteiger partial charge in [0.25, 0.3) is 0 Å². The summed E-state index contributed by atoms with van der Waals surface area (Å²) >= 11 is 1.70. The van der Waals surface area contributed by atoms with Gasteiger partial charge in [0.2, 0.25) is 0 Å². The third-order valence-corrected chi connectivity index (χ3v) is 4.58. The Bertz CT molecular complexity index is 389. The fourth-order valence-electron chi connectivity index (χ4n) is 1.96. The van der Waals surface area contributed by atoms with Crippen molar-refractivity contribution < 1.29 is 9.53 Å². The highest BCUT2D eigenvalue weighted by atomic mass is 32.1. The van der Waals surface area contributed by atoms with Crippen molar-refractivity contribution in [2.24, 2.45) is 5.73 Å². The van der Waals surface area contributed by atoms with Crippen molar-refractivity contribution >= 4 is 17.3 Å². The summed E-state index contributed by atoms with van der Waals surface area (Å²) in [5.74, 6) is -0.206. The van der Waals surface area contributed by atoms with E-state index in [9.17, 15) is 4.79 Å². The molecule has 0 saturated carbocycles. The maximum atomic E-state index is 11.6. The number of hydrogen-bond donors (Lipinski definition) is 1. The van der Waals surface area contributed by atoms with E-state index in [-0.39, 0.29) is 17.4 Å². The summed E-state index contributed by atoms with van der Waals surface area (Å²) in [6, 6.07) is 4.09. The third kappa shape index (κ3) is 3.07. The van der Waals surface area contributed by atoms with Crippen LogP contribution in [0, 0.1) is 6.92 Å². The van der Waals surface area contributed by atoms with Crippen LogP contribution in [0.4, 0.5) is 0 Å². The molecule has 4 heteroatoms. The Balaban J connectivity index is 3.05. The summed E-state index contributed by atoms with van der Waals surface area (Å²) < 4.78 is 4.78. The lowest BCUT2D eigenvalue weighted by atomic mass is 9.77. The van der Waals surface area contributed by atoms with Crippen LogP contribution in [0.25, 0.3) is 0 Å². The minimum absolute atomic E-state index is 0.0420. The molecule has 17 heavy (non-hydrogen) atoms. The lowest BCUT2D eigenvalue weighted by molar-refractivity contribution is -0.142. The fraction of sp³-hybridized carbons (Fsp3) is 0.615. The maximum Gasteiger partial charge on any atom is 0.306 e. The van der Waals surface area contributed by atoms with E-state index in [1.54, 1.807) is 11.3 Å². The predicted octanol–water partition coefficient (Wildman–Crippen LogP) is 2.61. The minimum Gasteiger partial charge on any atom is -0.469 e. The van der Waals surface area contributed by atoms with Crippen LogP contribution < -0.4 is 5.73 Å². The SMILES string of the molecule is CCC(N)C(C)(CC(=O)OC)c1ccc(C)s1. The Hall–Kier alpha value is -0.870. The van der Waals surface area contributed by atoms with Gasteiger partial charge in [-0.2, -0.15) is 0 Å². The second kappa shape index (κ2) is 5.65. The second-order valence-corrected chi connectivity index (χ2v) is 5.88. The van der Waals surface area contributed by atoms with Gasteiger partial charge in [-0.3, -0.25) is 4.79 Å². The number of methoxy groups -OCH3 is 1. The summed E-state index contributed by atoms with van der Waals surface area (Å²) in [7, 11) is 1.42. The van der Waals surface area contributed by atoms with Crippen LogP contribution in [0.1, 0.15) is 36.4 Å². The zero-order chi connectivity index (χ0) is 13.1. The number of hydrogen-bond acceptors (Lipinski definition) is 4. The normalized spacial score (nSPS) is 16.3. The van der Waals surface area contributed by atoms with Crippen LogP contribution in [0.5, 0.6) is 0 Å². The molecule has 1 aromatic heterocycles. The number of rotatable bonds is 5. The topological polar surface area (TPSA) is 52.3 Å². The van der Waals surface area contributed by atoms with E-state index in [4.69, 9.17) is 10.5 Å². The first-order valence-corrected chi connectivity index (χ1v) is 6.65. The molecule has 0 aromatic carbocycles. The van der Waals surface area contributed by atoms with Gasteiger partial charge < -0.3 is 10.5 Å². The molecule has 0 amide bonds. The molecule has 1 aromatic rings. The van der Waals surface area contributed by atoms with Crippen molar-refractivity contribution in [2.45, 2.75) is 45.1 Å². The fourth-order valence-corrected chi connectivity index (χ4v) is 3.04. The average molecular weight is 255 g/mol. The number of thiophene rings is 1. The number of aryl methyl sites for hydroxylation is 1. The number of esters is 1. The molecular weight excluding hydrogens is 234 g/mol. The molecule has 3 nitrogen and oxygen atoms in total. The first-order valence-electron chi connectivity index (χ1n) is 5.83. The van der Waals surface area contributed by atoms with Crippen molar-refractivity contribution in [1.82, 2.24) is 0 Å². The van der Waals surface area contributed by atoms with Gasteiger partial charge in [-0.15, -0.1) is 11.3 Å². The molecule has 0 saturated heterocycles. The molecule has 1 heterocycles. The molecule has 0 spiro atoms. The van der Waals surface area contributed by atoms with Crippen LogP contribution in [-0.4, -0.2) is 19.1 Å². The molecule has 1 rings (SSSR count). The number of carbonyl (C=O) groups excluding carboxylic acids is 1. The van der Waals surface area contributed by atoms with Crippen molar-refractivity contribution in [1.29, 1.82) is 0 Å². The Kier molecular flexibility index (Phi) is 4.71. The number of ether oxygens (including phenoxy) is 1. The molecule has 2 N–H and O–H groups in total. The van der Waals surface area contributed by atoms with E-state index in [0.29, 0.717) is 6.42 Å². The average Bonchev–Trinajstić information content (AvgIpc) is 2.74. The van der Waals surface area contributed by atoms with Gasteiger partial charge >= 0.3 is 5.97 Å². The van der Waals surface area contributed by atoms with E-state index < -0.39 is 0 Å². The summed E-state index contributed by atoms with van der Waals surface area (Å²) in [6.07, 6.45) is 1.17. The van der Waals surface area contributed by atoms with E-state index in [2.05, 4.69) is 19.1 Å². The quantitative estimate of drug-likeness (QED) is 0.823. The van der Waals surface area contributed by atoms with Gasteiger partial charge in [-0.05, 0) is 25.5 Å². The first-order chi connectivity index (χ1) is 7.93. The van der Waals surface area contributed by atoms with Crippen molar-refractivity contribution in [2.75, 3.05) is 7.11 Å². The zero-order valence-corrected chi connectivity index (χ0v) is 11.8. The molecule has 0 aliphatic carbocycles. The largest absolute Gasteiger partial charge is 0.469 e. The Labute approximate surface area is 107 Å². The van der Waals surface area contributed by atoms with Gasteiger partial charge in [0.15, 0.2) is 0 Å². The molecular formula is C13H21NO2S. The molecule has 0 fully saturated rings. The zero-order valence-electron chi connectivity index (χ0n) is 10.9. The van der Waals surface area contributed by atoms with Crippen LogP contribution in [0.2, 0.25) is 0 Å². The van der Waals surface area contributed by atoms with Gasteiger partial charge in [-0.25, -0.2) is 0 Å². The van der Waals surface area contributed by atoms with Gasteiger partial charge in [0, 0.05) is 21.2 Å². The number of carbonyl (C=O) groups is 1. The Morgan fingerprint density at radius 3 is 2.65 bits per heavy atom. The van der Waals surface area contributed by atoms with Crippen molar-refractivity contribution in [3.8, 4) is 0 Å². The lowest BCUT2D eigenvalue weighted by Crippen LogP contribution is -2.44. The first kappa shape index (κ1) is 14.2. The molecule has 2 atom stereocenters. The third-order valence-electron chi connectivity index (χ3n) is 3.30. The van der Waals surface area contributed by atoms with Gasteiger partial charge in [0.1, 0.15) is 0 Å². The van der Waals surface area contributed by atoms with Crippen LogP contribution in [0.15, 0.2) is 12.1 Å². The van der Waals surface area contributed by atoms with Crippen molar-refractivity contribution in [3.63, 3.8) is 0 Å². The highest BCUT2D eigenvalue weighted by Crippen LogP contribution is 2.36. The molecule has 0 aliphatic heterocycles. The highest BCUT2D eigenvalue weighted by molar-refractivity contribution is 7.12. The smallest absolute Gasteiger partial charge is 0.306 e. The van der Waals surface area contributed by atoms with E-state index in [0.717, 1.165) is 11.3 Å². The van der Waals surface area contributed by atoms with Crippen LogP contribution in [-0.2, 0) is 14.9 Å². The maximum absolute atomic E-state index is 11.6. The molecule has 0 bridgehead atoms. The Morgan fingerprint density at radius 1 is 1.59 bits per heavy atom. The molecule has 96 valence electrons. The second-order valence-electron chi connectivity index (χ2n) is 4.60. The van der Waals surface area contributed by atoms with Crippen LogP contribution >= 0.6 is 11.3 Å². The summed E-state index contributed by atoms with van der Waals surface area (Å²) in [5, 5.41) is 0. The Morgan fingerprint density at radius 2 is 2.24 bits per heavy atom. The van der Waals surface area contributed by atoms with Crippen LogP contribution in [0.3, 0.4) is 0 Å². The monoisotopic (exact) mass is 255 g/mol. The number of nitrogens with two attached hydrogens (primary N) is 1. The molecule has 2 unspecified atom stereocenters. The summed E-state index contributed by atoms with van der Waals surface area (Å²) in [4.78, 5) is 14.0. The van der Waals surface area contributed by atoms with Gasteiger partial charge in [0.05, 0.1) is 13.5 Å². The predicted molar refractivity (Wildman–Crippen MR) is 71.3 cm³/mol.